The van der Waals surface area contributed by atoms with Gasteiger partial charge in [-0.05, 0) is 76.2 Å². The highest BCUT2D eigenvalue weighted by atomic mass is 79.9. The molecule has 0 aliphatic heterocycles. The van der Waals surface area contributed by atoms with Crippen molar-refractivity contribution in [3.63, 3.8) is 0 Å². The lowest BCUT2D eigenvalue weighted by Gasteiger charge is -2.36. The van der Waals surface area contributed by atoms with Crippen molar-refractivity contribution in [1.29, 1.82) is 0 Å². The number of nitrogens with one attached hydrogen (secondary N) is 1. The average Bonchev–Trinajstić information content (AvgIpc) is 2.18. The highest BCUT2D eigenvalue weighted by Gasteiger charge is 2.30. The molecule has 0 spiro atoms. The SMILES string of the molecule is CCOC1CC(Nc2c(Br)cc(C)cc2Br)C1. The maximum atomic E-state index is 5.56. The summed E-state index contributed by atoms with van der Waals surface area (Å²) in [6.07, 6.45) is 2.64. The van der Waals surface area contributed by atoms with E-state index in [-0.39, 0.29) is 0 Å². The van der Waals surface area contributed by atoms with Crippen LogP contribution in [0.3, 0.4) is 0 Å². The van der Waals surface area contributed by atoms with E-state index in [0.717, 1.165) is 34.1 Å². The molecule has 1 saturated carbocycles. The second-order valence-corrected chi connectivity index (χ2v) is 6.20. The molecular weight excluding hydrogens is 346 g/mol. The van der Waals surface area contributed by atoms with E-state index in [2.05, 4.69) is 56.2 Å². The molecule has 1 N–H and O–H groups in total. The van der Waals surface area contributed by atoms with Crippen LogP contribution in [-0.4, -0.2) is 18.8 Å². The zero-order valence-electron chi connectivity index (χ0n) is 10.1. The van der Waals surface area contributed by atoms with E-state index in [9.17, 15) is 0 Å². The lowest BCUT2D eigenvalue weighted by molar-refractivity contribution is 0.00297. The van der Waals surface area contributed by atoms with Crippen LogP contribution in [0.4, 0.5) is 5.69 Å². The summed E-state index contributed by atoms with van der Waals surface area (Å²) in [5.74, 6) is 0. The van der Waals surface area contributed by atoms with Crippen molar-refractivity contribution in [2.75, 3.05) is 11.9 Å². The van der Waals surface area contributed by atoms with Crippen LogP contribution in [0.15, 0.2) is 21.1 Å². The van der Waals surface area contributed by atoms with Gasteiger partial charge < -0.3 is 10.1 Å². The van der Waals surface area contributed by atoms with Crippen LogP contribution in [0.5, 0.6) is 0 Å². The Labute approximate surface area is 119 Å². The quantitative estimate of drug-likeness (QED) is 0.851. The van der Waals surface area contributed by atoms with E-state index < -0.39 is 0 Å². The Morgan fingerprint density at radius 3 is 2.41 bits per heavy atom. The molecule has 0 aromatic heterocycles. The fourth-order valence-corrected chi connectivity index (χ4v) is 3.74. The third-order valence-corrected chi connectivity index (χ3v) is 4.28. The van der Waals surface area contributed by atoms with Gasteiger partial charge in [0.1, 0.15) is 0 Å². The number of aryl methyl sites for hydroxylation is 1. The maximum Gasteiger partial charge on any atom is 0.0631 e. The zero-order valence-corrected chi connectivity index (χ0v) is 13.3. The van der Waals surface area contributed by atoms with Gasteiger partial charge in [-0.15, -0.1) is 0 Å². The molecule has 2 rings (SSSR count). The predicted octanol–water partition coefficient (Wildman–Crippen LogP) is 4.50. The first-order valence-electron chi connectivity index (χ1n) is 5.94. The molecule has 1 aliphatic carbocycles. The number of rotatable bonds is 4. The topological polar surface area (TPSA) is 21.3 Å². The molecule has 0 saturated heterocycles. The van der Waals surface area contributed by atoms with Crippen LogP contribution in [-0.2, 0) is 4.74 Å². The molecule has 1 aromatic carbocycles. The first-order chi connectivity index (χ1) is 8.10. The largest absolute Gasteiger partial charge is 0.380 e. The Kier molecular flexibility index (Phi) is 4.50. The standard InChI is InChI=1S/C13H17Br2NO/c1-3-17-10-6-9(7-10)16-13-11(14)4-8(2)5-12(13)15/h4-5,9-10,16H,3,6-7H2,1-2H3. The molecule has 94 valence electrons. The summed E-state index contributed by atoms with van der Waals surface area (Å²) >= 11 is 7.20. The van der Waals surface area contributed by atoms with Gasteiger partial charge in [0.2, 0.25) is 0 Å². The van der Waals surface area contributed by atoms with Gasteiger partial charge in [0.15, 0.2) is 0 Å². The minimum atomic E-state index is 0.445. The highest BCUT2D eigenvalue weighted by Crippen LogP contribution is 2.36. The molecular formula is C13H17Br2NO. The van der Waals surface area contributed by atoms with Crippen molar-refractivity contribution in [3.8, 4) is 0 Å². The number of benzene rings is 1. The Bertz CT molecular complexity index is 379. The first kappa shape index (κ1) is 13.4. The number of halogens is 2. The normalized spacial score (nSPS) is 23.3. The van der Waals surface area contributed by atoms with Crippen molar-refractivity contribution in [2.45, 2.75) is 38.8 Å². The van der Waals surface area contributed by atoms with Crippen molar-refractivity contribution in [3.05, 3.63) is 26.6 Å². The minimum Gasteiger partial charge on any atom is -0.380 e. The summed E-state index contributed by atoms with van der Waals surface area (Å²) in [5.41, 5.74) is 2.39. The van der Waals surface area contributed by atoms with E-state index in [0.29, 0.717) is 12.1 Å². The van der Waals surface area contributed by atoms with E-state index in [1.807, 2.05) is 6.92 Å². The fourth-order valence-electron chi connectivity index (χ4n) is 2.10. The van der Waals surface area contributed by atoms with Gasteiger partial charge in [-0.25, -0.2) is 0 Å². The molecule has 1 aliphatic rings. The lowest BCUT2D eigenvalue weighted by Crippen LogP contribution is -2.40. The van der Waals surface area contributed by atoms with Crippen LogP contribution < -0.4 is 5.32 Å². The van der Waals surface area contributed by atoms with Crippen LogP contribution in [0.25, 0.3) is 0 Å². The fraction of sp³-hybridized carbons (Fsp3) is 0.538. The zero-order chi connectivity index (χ0) is 12.4. The number of hydrogen-bond donors (Lipinski definition) is 1. The molecule has 0 amide bonds. The highest BCUT2D eigenvalue weighted by molar-refractivity contribution is 9.11. The molecule has 1 fully saturated rings. The molecule has 1 aromatic rings. The lowest BCUT2D eigenvalue weighted by atomic mass is 9.89. The van der Waals surface area contributed by atoms with Gasteiger partial charge in [0.25, 0.3) is 0 Å². The smallest absolute Gasteiger partial charge is 0.0631 e. The summed E-state index contributed by atoms with van der Waals surface area (Å²) in [6, 6.07) is 4.79. The van der Waals surface area contributed by atoms with Crippen LogP contribution >= 0.6 is 31.9 Å². The van der Waals surface area contributed by atoms with E-state index in [4.69, 9.17) is 4.74 Å². The van der Waals surface area contributed by atoms with Gasteiger partial charge in [-0.1, -0.05) is 0 Å². The van der Waals surface area contributed by atoms with Crippen molar-refractivity contribution >= 4 is 37.5 Å². The Balaban J connectivity index is 1.97. The van der Waals surface area contributed by atoms with Crippen LogP contribution in [0.1, 0.15) is 25.3 Å². The first-order valence-corrected chi connectivity index (χ1v) is 7.52. The van der Waals surface area contributed by atoms with Crippen LogP contribution in [0.2, 0.25) is 0 Å². The third-order valence-electron chi connectivity index (χ3n) is 3.03. The third kappa shape index (κ3) is 3.24. The van der Waals surface area contributed by atoms with E-state index in [1.165, 1.54) is 5.56 Å². The molecule has 0 radical (unpaired) electrons. The van der Waals surface area contributed by atoms with E-state index in [1.54, 1.807) is 0 Å². The molecule has 17 heavy (non-hydrogen) atoms. The molecule has 0 bridgehead atoms. The maximum absolute atomic E-state index is 5.56. The minimum absolute atomic E-state index is 0.445. The van der Waals surface area contributed by atoms with Gasteiger partial charge in [0, 0.05) is 21.6 Å². The van der Waals surface area contributed by atoms with E-state index >= 15 is 0 Å². The van der Waals surface area contributed by atoms with Crippen molar-refractivity contribution in [2.24, 2.45) is 0 Å². The van der Waals surface area contributed by atoms with Crippen molar-refractivity contribution in [1.82, 2.24) is 0 Å². The van der Waals surface area contributed by atoms with Crippen LogP contribution in [0, 0.1) is 6.92 Å². The summed E-state index contributed by atoms with van der Waals surface area (Å²) in [7, 11) is 0. The van der Waals surface area contributed by atoms with Gasteiger partial charge in [0.05, 0.1) is 11.8 Å². The Morgan fingerprint density at radius 2 is 1.88 bits per heavy atom. The summed E-state index contributed by atoms with van der Waals surface area (Å²) < 4.78 is 7.79. The Hall–Kier alpha value is -0.0600. The van der Waals surface area contributed by atoms with Crippen molar-refractivity contribution < 1.29 is 4.74 Å². The summed E-state index contributed by atoms with van der Waals surface area (Å²) in [6.45, 7) is 4.96. The summed E-state index contributed by atoms with van der Waals surface area (Å²) in [5, 5.41) is 3.56. The average molecular weight is 363 g/mol. The summed E-state index contributed by atoms with van der Waals surface area (Å²) in [4.78, 5) is 0. The Morgan fingerprint density at radius 1 is 1.29 bits per heavy atom. The number of hydrogen-bond acceptors (Lipinski definition) is 2. The number of anilines is 1. The second-order valence-electron chi connectivity index (χ2n) is 4.49. The molecule has 2 nitrogen and oxygen atoms in total. The molecule has 0 heterocycles. The molecule has 4 heteroatoms. The molecule has 0 unspecified atom stereocenters. The second kappa shape index (κ2) is 5.72. The van der Waals surface area contributed by atoms with Gasteiger partial charge in [-0.2, -0.15) is 0 Å². The monoisotopic (exact) mass is 361 g/mol. The van der Waals surface area contributed by atoms with Gasteiger partial charge >= 0.3 is 0 Å². The predicted molar refractivity (Wildman–Crippen MR) is 78.6 cm³/mol. The van der Waals surface area contributed by atoms with Gasteiger partial charge in [-0.3, -0.25) is 0 Å². The molecule has 0 atom stereocenters. The number of ether oxygens (including phenoxy) is 1.